The Bertz CT molecular complexity index is 588. The fraction of sp³-hybridized carbons (Fsp3) is 0.529. The summed E-state index contributed by atoms with van der Waals surface area (Å²) in [6.07, 6.45) is 2.79. The highest BCUT2D eigenvalue weighted by Crippen LogP contribution is 2.30. The largest absolute Gasteiger partial charge is 0.493 e. The van der Waals surface area contributed by atoms with Gasteiger partial charge in [-0.15, -0.1) is 0 Å². The molecule has 2 N–H and O–H groups in total. The Balaban J connectivity index is 2.08. The highest BCUT2D eigenvalue weighted by Gasteiger charge is 2.35. The maximum absolute atomic E-state index is 12.5. The van der Waals surface area contributed by atoms with Crippen LogP contribution in [0, 0.1) is 0 Å². The van der Waals surface area contributed by atoms with Crippen molar-refractivity contribution in [1.29, 1.82) is 0 Å². The van der Waals surface area contributed by atoms with E-state index >= 15 is 0 Å². The minimum absolute atomic E-state index is 0.0703. The summed E-state index contributed by atoms with van der Waals surface area (Å²) in [6, 6.07) is 5.52. The summed E-state index contributed by atoms with van der Waals surface area (Å²) in [5.74, 6) is 0.968. The van der Waals surface area contributed by atoms with Crippen molar-refractivity contribution in [3.8, 4) is 11.5 Å². The molecule has 0 saturated carbocycles. The fourth-order valence-electron chi connectivity index (χ4n) is 2.83. The van der Waals surface area contributed by atoms with E-state index in [4.69, 9.17) is 9.47 Å². The first-order valence-electron chi connectivity index (χ1n) is 7.79. The first kappa shape index (κ1) is 17.1. The predicted octanol–water partition coefficient (Wildman–Crippen LogP) is 1.77. The Morgan fingerprint density at radius 3 is 2.78 bits per heavy atom. The number of nitrogens with one attached hydrogen (secondary N) is 2. The van der Waals surface area contributed by atoms with Crippen LogP contribution in [-0.4, -0.2) is 31.6 Å². The highest BCUT2D eigenvalue weighted by molar-refractivity contribution is 5.91. The third kappa shape index (κ3) is 3.94. The molecule has 1 aliphatic rings. The Labute approximate surface area is 136 Å². The maximum atomic E-state index is 12.5. The second-order valence-electron chi connectivity index (χ2n) is 5.92. The zero-order valence-corrected chi connectivity index (χ0v) is 13.9. The molecule has 1 atom stereocenters. The number of hydrogen-bond donors (Lipinski definition) is 2. The molecule has 1 unspecified atom stereocenters. The number of carbonyl (C=O) groups is 2. The van der Waals surface area contributed by atoms with Crippen molar-refractivity contribution in [3.63, 3.8) is 0 Å². The summed E-state index contributed by atoms with van der Waals surface area (Å²) in [7, 11) is 3.14. The summed E-state index contributed by atoms with van der Waals surface area (Å²) in [5, 5.41) is 5.73. The van der Waals surface area contributed by atoms with Gasteiger partial charge in [0.05, 0.1) is 14.2 Å². The summed E-state index contributed by atoms with van der Waals surface area (Å²) in [5.41, 5.74) is -0.0385. The Hall–Kier alpha value is -2.24. The average Bonchev–Trinajstić information content (AvgIpc) is 2.73. The van der Waals surface area contributed by atoms with Crippen LogP contribution in [0.25, 0.3) is 0 Å². The highest BCUT2D eigenvalue weighted by atomic mass is 16.5. The third-order valence-electron chi connectivity index (χ3n) is 4.17. The lowest BCUT2D eigenvalue weighted by atomic mass is 9.95. The van der Waals surface area contributed by atoms with E-state index in [1.807, 2.05) is 12.1 Å². The number of benzene rings is 1. The van der Waals surface area contributed by atoms with Crippen LogP contribution in [0.4, 0.5) is 0 Å². The van der Waals surface area contributed by atoms with E-state index < -0.39 is 5.54 Å². The zero-order valence-electron chi connectivity index (χ0n) is 13.9. The molecular weight excluding hydrogens is 296 g/mol. The molecule has 6 heteroatoms. The van der Waals surface area contributed by atoms with Gasteiger partial charge in [-0.25, -0.2) is 0 Å². The van der Waals surface area contributed by atoms with Crippen molar-refractivity contribution in [1.82, 2.24) is 10.6 Å². The van der Waals surface area contributed by atoms with Crippen LogP contribution in [-0.2, 0) is 16.1 Å². The number of para-hydroxylation sites is 1. The predicted molar refractivity (Wildman–Crippen MR) is 86.4 cm³/mol. The van der Waals surface area contributed by atoms with Gasteiger partial charge in [0.15, 0.2) is 11.5 Å². The molecule has 0 bridgehead atoms. The molecule has 2 amide bonds. The van der Waals surface area contributed by atoms with Crippen molar-refractivity contribution in [2.75, 3.05) is 14.2 Å². The molecule has 0 aromatic heterocycles. The van der Waals surface area contributed by atoms with E-state index in [1.165, 1.54) is 0 Å². The lowest BCUT2D eigenvalue weighted by Crippen LogP contribution is -2.55. The molecule has 1 heterocycles. The molecule has 23 heavy (non-hydrogen) atoms. The van der Waals surface area contributed by atoms with Crippen molar-refractivity contribution in [2.24, 2.45) is 0 Å². The van der Waals surface area contributed by atoms with E-state index in [1.54, 1.807) is 27.2 Å². The van der Waals surface area contributed by atoms with Crippen LogP contribution in [0.1, 0.15) is 38.2 Å². The lowest BCUT2D eigenvalue weighted by Gasteiger charge is -2.28. The first-order valence-corrected chi connectivity index (χ1v) is 7.79. The molecule has 1 aliphatic heterocycles. The quantitative estimate of drug-likeness (QED) is 0.867. The number of rotatable bonds is 5. The Morgan fingerprint density at radius 1 is 1.30 bits per heavy atom. The van der Waals surface area contributed by atoms with Gasteiger partial charge >= 0.3 is 0 Å². The van der Waals surface area contributed by atoms with Crippen LogP contribution >= 0.6 is 0 Å². The summed E-state index contributed by atoms with van der Waals surface area (Å²) < 4.78 is 10.6. The van der Waals surface area contributed by atoms with Gasteiger partial charge in [0.25, 0.3) is 0 Å². The van der Waals surface area contributed by atoms with Gasteiger partial charge in [0, 0.05) is 18.5 Å². The van der Waals surface area contributed by atoms with Crippen LogP contribution in [0.3, 0.4) is 0 Å². The van der Waals surface area contributed by atoms with Crippen LogP contribution in [0.5, 0.6) is 11.5 Å². The van der Waals surface area contributed by atoms with Gasteiger partial charge in [-0.3, -0.25) is 9.59 Å². The zero-order chi connectivity index (χ0) is 16.9. The molecule has 126 valence electrons. The molecule has 0 aliphatic carbocycles. The molecule has 6 nitrogen and oxygen atoms in total. The van der Waals surface area contributed by atoms with Gasteiger partial charge < -0.3 is 20.1 Å². The molecule has 1 aromatic rings. The maximum Gasteiger partial charge on any atom is 0.245 e. The summed E-state index contributed by atoms with van der Waals surface area (Å²) in [6.45, 7) is 2.08. The molecule has 0 radical (unpaired) electrons. The molecule has 1 saturated heterocycles. The normalized spacial score (nSPS) is 21.1. The van der Waals surface area contributed by atoms with E-state index in [9.17, 15) is 9.59 Å². The monoisotopic (exact) mass is 320 g/mol. The van der Waals surface area contributed by atoms with E-state index in [2.05, 4.69) is 10.6 Å². The molecule has 2 rings (SSSR count). The van der Waals surface area contributed by atoms with Gasteiger partial charge in [-0.1, -0.05) is 18.6 Å². The minimum atomic E-state index is -0.861. The summed E-state index contributed by atoms with van der Waals surface area (Å²) >= 11 is 0. The number of hydrogen-bond acceptors (Lipinski definition) is 4. The molecule has 1 fully saturated rings. The molecular formula is C17H24N2O4. The number of carbonyl (C=O) groups excluding carboxylic acids is 2. The number of methoxy groups -OCH3 is 2. The SMILES string of the molecule is COc1cccc(CNC(=O)C2(C)CCCCC(=O)N2)c1OC. The van der Waals surface area contributed by atoms with Crippen molar-refractivity contribution >= 4 is 11.8 Å². The van der Waals surface area contributed by atoms with E-state index in [-0.39, 0.29) is 11.8 Å². The van der Waals surface area contributed by atoms with Crippen molar-refractivity contribution in [2.45, 2.75) is 44.7 Å². The van der Waals surface area contributed by atoms with Gasteiger partial charge in [0.1, 0.15) is 5.54 Å². The Morgan fingerprint density at radius 2 is 2.09 bits per heavy atom. The van der Waals surface area contributed by atoms with Crippen LogP contribution in [0.15, 0.2) is 18.2 Å². The molecule has 0 spiro atoms. The third-order valence-corrected chi connectivity index (χ3v) is 4.17. The lowest BCUT2D eigenvalue weighted by molar-refractivity contribution is -0.132. The Kier molecular flexibility index (Phi) is 5.47. The smallest absolute Gasteiger partial charge is 0.245 e. The average molecular weight is 320 g/mol. The number of amides is 2. The second kappa shape index (κ2) is 7.35. The van der Waals surface area contributed by atoms with Crippen LogP contribution in [0.2, 0.25) is 0 Å². The van der Waals surface area contributed by atoms with Crippen LogP contribution < -0.4 is 20.1 Å². The first-order chi connectivity index (χ1) is 11.0. The molecule has 1 aromatic carbocycles. The minimum Gasteiger partial charge on any atom is -0.493 e. The van der Waals surface area contributed by atoms with Crippen molar-refractivity contribution in [3.05, 3.63) is 23.8 Å². The topological polar surface area (TPSA) is 76.7 Å². The second-order valence-corrected chi connectivity index (χ2v) is 5.92. The van der Waals surface area contributed by atoms with Gasteiger partial charge in [-0.05, 0) is 25.8 Å². The summed E-state index contributed by atoms with van der Waals surface area (Å²) in [4.78, 5) is 24.3. The van der Waals surface area contributed by atoms with E-state index in [0.717, 1.165) is 18.4 Å². The fourth-order valence-corrected chi connectivity index (χ4v) is 2.83. The standard InChI is InChI=1S/C17H24N2O4/c1-17(10-5-4-9-14(20)19-17)16(21)18-11-12-7-6-8-13(22-2)15(12)23-3/h6-8H,4-5,9-11H2,1-3H3,(H,18,21)(H,19,20). The van der Waals surface area contributed by atoms with E-state index in [0.29, 0.717) is 30.9 Å². The van der Waals surface area contributed by atoms with Gasteiger partial charge in [0.2, 0.25) is 11.8 Å². The van der Waals surface area contributed by atoms with Gasteiger partial charge in [-0.2, -0.15) is 0 Å². The number of ether oxygens (including phenoxy) is 2. The van der Waals surface area contributed by atoms with Crippen molar-refractivity contribution < 1.29 is 19.1 Å².